The summed E-state index contributed by atoms with van der Waals surface area (Å²) in [7, 11) is 1.77. The van der Waals surface area contributed by atoms with E-state index in [-0.39, 0.29) is 23.3 Å². The number of carbonyl (C=O) groups is 1. The second-order valence-corrected chi connectivity index (χ2v) is 8.06. The highest BCUT2D eigenvalue weighted by molar-refractivity contribution is 5.92. The topological polar surface area (TPSA) is 106 Å². The first-order chi connectivity index (χ1) is 16.3. The molecule has 13 heteroatoms. The highest BCUT2D eigenvalue weighted by Gasteiger charge is 2.33. The van der Waals surface area contributed by atoms with Crippen LogP contribution < -0.4 is 10.2 Å². The molecule has 1 atom stereocenters. The third kappa shape index (κ3) is 4.28. The van der Waals surface area contributed by atoms with Gasteiger partial charge in [0, 0.05) is 38.7 Å². The van der Waals surface area contributed by atoms with Crippen molar-refractivity contribution in [3.63, 3.8) is 0 Å². The smallest absolute Gasteiger partial charge is 0.356 e. The van der Waals surface area contributed by atoms with E-state index in [2.05, 4.69) is 30.4 Å². The molecule has 4 aromatic rings. The van der Waals surface area contributed by atoms with Gasteiger partial charge in [-0.25, -0.2) is 19.9 Å². The third-order valence-electron chi connectivity index (χ3n) is 5.64. The number of piperidine rings is 1. The summed E-state index contributed by atoms with van der Waals surface area (Å²) in [5.41, 5.74) is 0.165. The van der Waals surface area contributed by atoms with Crippen molar-refractivity contribution in [3.05, 3.63) is 48.9 Å². The Hall–Kier alpha value is -4.03. The van der Waals surface area contributed by atoms with Crippen LogP contribution in [0.3, 0.4) is 0 Å². The number of alkyl halides is 3. The van der Waals surface area contributed by atoms with E-state index in [0.29, 0.717) is 30.3 Å². The van der Waals surface area contributed by atoms with E-state index in [9.17, 15) is 18.0 Å². The van der Waals surface area contributed by atoms with Crippen molar-refractivity contribution in [2.24, 2.45) is 13.0 Å². The maximum atomic E-state index is 13.1. The van der Waals surface area contributed by atoms with Crippen LogP contribution >= 0.6 is 0 Å². The van der Waals surface area contributed by atoms with E-state index in [1.54, 1.807) is 36.4 Å². The first-order valence-corrected chi connectivity index (χ1v) is 10.6. The molecule has 0 saturated carbocycles. The third-order valence-corrected chi connectivity index (χ3v) is 5.64. The van der Waals surface area contributed by atoms with E-state index in [4.69, 9.17) is 0 Å². The number of anilines is 2. The number of amides is 1. The molecular weight excluding hydrogens is 451 g/mol. The predicted molar refractivity (Wildman–Crippen MR) is 116 cm³/mol. The lowest BCUT2D eigenvalue weighted by molar-refractivity contribution is -0.141. The van der Waals surface area contributed by atoms with E-state index in [1.165, 1.54) is 10.6 Å². The van der Waals surface area contributed by atoms with Crippen LogP contribution in [-0.2, 0) is 18.0 Å². The molecular formula is C21H20F3N9O. The number of fused-ring (bicyclic) bond motifs is 1. The SMILES string of the molecule is Cn1cc(NC(=O)[C@H]2CCCN(c3ccnc(-c4cnc5cnc(C(F)(F)F)cn45)n3)C2)cn1. The molecule has 34 heavy (non-hydrogen) atoms. The number of aromatic nitrogens is 7. The summed E-state index contributed by atoms with van der Waals surface area (Å²) in [5, 5.41) is 6.94. The maximum absolute atomic E-state index is 13.1. The van der Waals surface area contributed by atoms with Gasteiger partial charge >= 0.3 is 6.18 Å². The molecule has 5 rings (SSSR count). The molecule has 0 unspecified atom stereocenters. The standard InChI is InChI=1S/C21H20F3N9O/c1-31-11-14(7-28-31)29-20(34)13-3-2-6-32(10-13)17-4-5-25-19(30-17)15-8-27-18-9-26-16(12-33(15)18)21(22,23)24/h4-5,7-9,11-13H,2-3,6,10H2,1H3,(H,29,34)/t13-/m0/s1. The summed E-state index contributed by atoms with van der Waals surface area (Å²) in [6.45, 7) is 1.15. The first-order valence-electron chi connectivity index (χ1n) is 10.6. The Labute approximate surface area is 191 Å². The van der Waals surface area contributed by atoms with Crippen LogP contribution in [0.25, 0.3) is 17.2 Å². The molecule has 0 spiro atoms. The molecule has 0 radical (unpaired) electrons. The summed E-state index contributed by atoms with van der Waals surface area (Å²) in [5.74, 6) is 0.472. The number of nitrogens with zero attached hydrogens (tertiary/aromatic N) is 8. The predicted octanol–water partition coefficient (Wildman–Crippen LogP) is 2.79. The van der Waals surface area contributed by atoms with Crippen molar-refractivity contribution in [2.45, 2.75) is 19.0 Å². The Morgan fingerprint density at radius 3 is 2.76 bits per heavy atom. The Kier molecular flexibility index (Phi) is 5.38. The molecule has 1 N–H and O–H groups in total. The molecule has 1 amide bonds. The Bertz CT molecular complexity index is 1350. The van der Waals surface area contributed by atoms with Gasteiger partial charge in [-0.3, -0.25) is 13.9 Å². The highest BCUT2D eigenvalue weighted by Crippen LogP contribution is 2.29. The number of halogens is 3. The zero-order chi connectivity index (χ0) is 23.9. The van der Waals surface area contributed by atoms with Gasteiger partial charge in [0.05, 0.1) is 30.2 Å². The van der Waals surface area contributed by atoms with Gasteiger partial charge in [-0.05, 0) is 18.9 Å². The quantitative estimate of drug-likeness (QED) is 0.488. The van der Waals surface area contributed by atoms with Gasteiger partial charge in [0.15, 0.2) is 17.2 Å². The van der Waals surface area contributed by atoms with Crippen molar-refractivity contribution in [1.29, 1.82) is 0 Å². The van der Waals surface area contributed by atoms with Crippen molar-refractivity contribution < 1.29 is 18.0 Å². The van der Waals surface area contributed by atoms with Gasteiger partial charge in [-0.2, -0.15) is 18.3 Å². The van der Waals surface area contributed by atoms with Crippen molar-refractivity contribution in [2.75, 3.05) is 23.3 Å². The van der Waals surface area contributed by atoms with Gasteiger partial charge in [0.1, 0.15) is 11.5 Å². The van der Waals surface area contributed by atoms with Gasteiger partial charge in [-0.15, -0.1) is 0 Å². The summed E-state index contributed by atoms with van der Waals surface area (Å²) in [4.78, 5) is 31.1. The van der Waals surface area contributed by atoms with Crippen molar-refractivity contribution in [1.82, 2.24) is 34.1 Å². The Morgan fingerprint density at radius 1 is 1.15 bits per heavy atom. The Morgan fingerprint density at radius 2 is 2.00 bits per heavy atom. The zero-order valence-corrected chi connectivity index (χ0v) is 18.1. The van der Waals surface area contributed by atoms with Gasteiger partial charge in [0.25, 0.3) is 0 Å². The monoisotopic (exact) mass is 471 g/mol. The summed E-state index contributed by atoms with van der Waals surface area (Å²) in [6, 6.07) is 1.72. The van der Waals surface area contributed by atoms with E-state index >= 15 is 0 Å². The molecule has 0 aromatic carbocycles. The Balaban J connectivity index is 1.38. The fraction of sp³-hybridized carbons (Fsp3) is 0.333. The summed E-state index contributed by atoms with van der Waals surface area (Å²) < 4.78 is 42.3. The number of rotatable bonds is 4. The number of imidazole rings is 1. The van der Waals surface area contributed by atoms with Crippen LogP contribution in [-0.4, -0.2) is 53.1 Å². The molecule has 176 valence electrons. The molecule has 1 aliphatic heterocycles. The highest BCUT2D eigenvalue weighted by atomic mass is 19.4. The lowest BCUT2D eigenvalue weighted by Crippen LogP contribution is -2.41. The molecule has 5 heterocycles. The maximum Gasteiger partial charge on any atom is 0.434 e. The van der Waals surface area contributed by atoms with Gasteiger partial charge in [-0.1, -0.05) is 0 Å². The van der Waals surface area contributed by atoms with Crippen LogP contribution in [0.5, 0.6) is 0 Å². The number of hydrogen-bond donors (Lipinski definition) is 1. The molecule has 0 bridgehead atoms. The fourth-order valence-electron chi connectivity index (χ4n) is 3.98. The number of aryl methyl sites for hydroxylation is 1. The number of hydrogen-bond acceptors (Lipinski definition) is 7. The summed E-state index contributed by atoms with van der Waals surface area (Å²) in [6.07, 6.45) is 5.16. The molecule has 10 nitrogen and oxygen atoms in total. The van der Waals surface area contributed by atoms with Crippen LogP contribution in [0, 0.1) is 5.92 Å². The second-order valence-electron chi connectivity index (χ2n) is 8.06. The van der Waals surface area contributed by atoms with Gasteiger partial charge in [0.2, 0.25) is 5.91 Å². The lowest BCUT2D eigenvalue weighted by Gasteiger charge is -2.32. The van der Waals surface area contributed by atoms with Crippen LogP contribution in [0.15, 0.2) is 43.2 Å². The minimum atomic E-state index is -4.59. The minimum absolute atomic E-state index is 0.0963. The molecule has 1 aliphatic rings. The minimum Gasteiger partial charge on any atom is -0.356 e. The van der Waals surface area contributed by atoms with Crippen LogP contribution in [0.2, 0.25) is 0 Å². The molecule has 1 saturated heterocycles. The number of nitrogens with one attached hydrogen (secondary N) is 1. The van der Waals surface area contributed by atoms with E-state index < -0.39 is 11.9 Å². The largest absolute Gasteiger partial charge is 0.434 e. The molecule has 0 aliphatic carbocycles. The summed E-state index contributed by atoms with van der Waals surface area (Å²) >= 11 is 0. The van der Waals surface area contributed by atoms with Crippen LogP contribution in [0.1, 0.15) is 18.5 Å². The number of carbonyl (C=O) groups excluding carboxylic acids is 1. The van der Waals surface area contributed by atoms with E-state index in [1.807, 2.05) is 4.90 Å². The van der Waals surface area contributed by atoms with Crippen LogP contribution in [0.4, 0.5) is 24.7 Å². The molecule has 4 aromatic heterocycles. The average molecular weight is 471 g/mol. The van der Waals surface area contributed by atoms with E-state index in [0.717, 1.165) is 25.2 Å². The average Bonchev–Trinajstić information content (AvgIpc) is 3.44. The lowest BCUT2D eigenvalue weighted by atomic mass is 9.97. The molecule has 1 fully saturated rings. The van der Waals surface area contributed by atoms with Gasteiger partial charge < -0.3 is 10.2 Å². The second kappa shape index (κ2) is 8.39. The van der Waals surface area contributed by atoms with Crippen molar-refractivity contribution >= 4 is 23.1 Å². The van der Waals surface area contributed by atoms with Crippen molar-refractivity contribution in [3.8, 4) is 11.5 Å². The normalized spacial score (nSPS) is 16.7. The zero-order valence-electron chi connectivity index (χ0n) is 18.1. The first kappa shape index (κ1) is 21.8. The fourth-order valence-corrected chi connectivity index (χ4v) is 3.98.